The van der Waals surface area contributed by atoms with Crippen molar-refractivity contribution < 1.29 is 13.6 Å². The Balaban J connectivity index is 0.00000132. The monoisotopic (exact) mass is 366 g/mol. The molecule has 5 nitrogen and oxygen atoms in total. The van der Waals surface area contributed by atoms with Gasteiger partial charge in [-0.15, -0.1) is 24.8 Å². The van der Waals surface area contributed by atoms with Crippen LogP contribution >= 0.6 is 24.8 Å². The first-order valence-electron chi connectivity index (χ1n) is 6.85. The molecule has 0 radical (unpaired) electrons. The summed E-state index contributed by atoms with van der Waals surface area (Å²) in [5.74, 6) is -3.17. The van der Waals surface area contributed by atoms with Crippen LogP contribution in [0.4, 0.5) is 8.78 Å². The lowest BCUT2D eigenvalue weighted by Crippen LogP contribution is -2.41. The highest BCUT2D eigenvalue weighted by atomic mass is 35.5. The van der Waals surface area contributed by atoms with Gasteiger partial charge in [0.1, 0.15) is 5.65 Å². The number of carbonyl (C=O) groups excluding carboxylic acids is 1. The Labute approximate surface area is 144 Å². The SMILES string of the molecule is Cl.Cl.O=C(NCCc1cn2ccccc2n1)C1CC(F)(F)CN1. The summed E-state index contributed by atoms with van der Waals surface area (Å²) in [6.45, 7) is -0.0516. The van der Waals surface area contributed by atoms with E-state index in [0.29, 0.717) is 13.0 Å². The predicted molar refractivity (Wildman–Crippen MR) is 87.8 cm³/mol. The van der Waals surface area contributed by atoms with Crippen molar-refractivity contribution in [1.82, 2.24) is 20.0 Å². The molecule has 2 N–H and O–H groups in total. The molecule has 3 heterocycles. The second-order valence-corrected chi connectivity index (χ2v) is 5.23. The van der Waals surface area contributed by atoms with Crippen molar-refractivity contribution in [2.45, 2.75) is 24.8 Å². The van der Waals surface area contributed by atoms with Gasteiger partial charge in [0.05, 0.1) is 18.3 Å². The largest absolute Gasteiger partial charge is 0.354 e. The molecule has 23 heavy (non-hydrogen) atoms. The minimum atomic E-state index is -2.79. The van der Waals surface area contributed by atoms with Crippen LogP contribution in [0.1, 0.15) is 12.1 Å². The van der Waals surface area contributed by atoms with Crippen molar-refractivity contribution in [2.75, 3.05) is 13.1 Å². The third-order valence-corrected chi connectivity index (χ3v) is 3.52. The molecule has 0 saturated carbocycles. The van der Waals surface area contributed by atoms with Gasteiger partial charge >= 0.3 is 0 Å². The van der Waals surface area contributed by atoms with Crippen molar-refractivity contribution in [3.8, 4) is 0 Å². The number of nitrogens with one attached hydrogen (secondary N) is 2. The molecule has 1 amide bonds. The average Bonchev–Trinajstić information content (AvgIpc) is 3.01. The second kappa shape index (κ2) is 7.90. The van der Waals surface area contributed by atoms with Crippen LogP contribution in [-0.2, 0) is 11.2 Å². The number of fused-ring (bicyclic) bond motifs is 1. The average molecular weight is 367 g/mol. The van der Waals surface area contributed by atoms with E-state index in [2.05, 4.69) is 15.6 Å². The Bertz CT molecular complexity index is 632. The number of imidazole rings is 1. The van der Waals surface area contributed by atoms with Gasteiger partial charge in [0, 0.05) is 31.8 Å². The molecule has 1 aliphatic heterocycles. The molecule has 128 valence electrons. The van der Waals surface area contributed by atoms with Gasteiger partial charge in [-0.1, -0.05) is 6.07 Å². The van der Waals surface area contributed by atoms with Crippen molar-refractivity contribution >= 4 is 36.4 Å². The lowest BCUT2D eigenvalue weighted by atomic mass is 10.2. The lowest BCUT2D eigenvalue weighted by Gasteiger charge is -2.10. The summed E-state index contributed by atoms with van der Waals surface area (Å²) in [5.41, 5.74) is 1.70. The zero-order valence-electron chi connectivity index (χ0n) is 12.2. The second-order valence-electron chi connectivity index (χ2n) is 5.23. The van der Waals surface area contributed by atoms with Crippen LogP contribution in [0.15, 0.2) is 30.6 Å². The van der Waals surface area contributed by atoms with E-state index in [1.54, 1.807) is 0 Å². The fourth-order valence-electron chi connectivity index (χ4n) is 2.45. The molecule has 2 aromatic rings. The molecule has 1 atom stereocenters. The maximum atomic E-state index is 13.0. The number of hydrogen-bond acceptors (Lipinski definition) is 3. The van der Waals surface area contributed by atoms with Crippen molar-refractivity contribution in [2.24, 2.45) is 0 Å². The highest BCUT2D eigenvalue weighted by Crippen LogP contribution is 2.24. The van der Waals surface area contributed by atoms with Crippen molar-refractivity contribution in [3.05, 3.63) is 36.3 Å². The van der Waals surface area contributed by atoms with Crippen LogP contribution in [0.25, 0.3) is 5.65 Å². The molecule has 9 heteroatoms. The summed E-state index contributed by atoms with van der Waals surface area (Å²) in [6, 6.07) is 4.90. The predicted octanol–water partition coefficient (Wildman–Crippen LogP) is 1.83. The van der Waals surface area contributed by atoms with Crippen LogP contribution in [0.5, 0.6) is 0 Å². The number of hydrogen-bond donors (Lipinski definition) is 2. The maximum Gasteiger partial charge on any atom is 0.262 e. The van der Waals surface area contributed by atoms with E-state index in [-0.39, 0.29) is 30.7 Å². The van der Waals surface area contributed by atoms with Gasteiger partial charge < -0.3 is 9.72 Å². The van der Waals surface area contributed by atoms with E-state index >= 15 is 0 Å². The van der Waals surface area contributed by atoms with E-state index in [1.165, 1.54) is 0 Å². The molecular weight excluding hydrogens is 349 g/mol. The number of rotatable bonds is 4. The summed E-state index contributed by atoms with van der Waals surface area (Å²) >= 11 is 0. The Hall–Kier alpha value is -1.44. The van der Waals surface area contributed by atoms with Crippen LogP contribution in [0.2, 0.25) is 0 Å². The minimum Gasteiger partial charge on any atom is -0.354 e. The van der Waals surface area contributed by atoms with Gasteiger partial charge in [0.25, 0.3) is 5.92 Å². The molecule has 1 unspecified atom stereocenters. The zero-order chi connectivity index (χ0) is 14.9. The molecule has 0 aromatic carbocycles. The first kappa shape index (κ1) is 19.6. The maximum absolute atomic E-state index is 13.0. The van der Waals surface area contributed by atoms with Crippen molar-refractivity contribution in [1.29, 1.82) is 0 Å². The van der Waals surface area contributed by atoms with E-state index in [9.17, 15) is 13.6 Å². The van der Waals surface area contributed by atoms with Crippen LogP contribution in [0, 0.1) is 0 Å². The minimum absolute atomic E-state index is 0. The van der Waals surface area contributed by atoms with Gasteiger partial charge in [0.2, 0.25) is 5.91 Å². The number of halogens is 4. The number of nitrogens with zero attached hydrogens (tertiary/aromatic N) is 2. The van der Waals surface area contributed by atoms with Crippen molar-refractivity contribution in [3.63, 3.8) is 0 Å². The number of carbonyl (C=O) groups is 1. The van der Waals surface area contributed by atoms with Crippen LogP contribution in [0.3, 0.4) is 0 Å². The van der Waals surface area contributed by atoms with E-state index < -0.39 is 24.9 Å². The quantitative estimate of drug-likeness (QED) is 0.867. The summed E-state index contributed by atoms with van der Waals surface area (Å²) in [7, 11) is 0. The Morgan fingerprint density at radius 3 is 2.87 bits per heavy atom. The number of aromatic nitrogens is 2. The molecular formula is C14H18Cl2F2N4O. The topological polar surface area (TPSA) is 58.4 Å². The molecule has 1 fully saturated rings. The third kappa shape index (κ3) is 4.76. The van der Waals surface area contributed by atoms with Crippen LogP contribution < -0.4 is 10.6 Å². The third-order valence-electron chi connectivity index (χ3n) is 3.52. The summed E-state index contributed by atoms with van der Waals surface area (Å²) in [4.78, 5) is 16.2. The standard InChI is InChI=1S/C14H16F2N4O.2ClH/c15-14(16)7-11(18-9-14)13(21)17-5-4-10-8-20-6-2-1-3-12(20)19-10;;/h1-3,6,8,11,18H,4-5,7,9H2,(H,17,21);2*1H. The molecule has 0 spiro atoms. The van der Waals surface area contributed by atoms with E-state index in [0.717, 1.165) is 11.3 Å². The number of alkyl halides is 2. The number of pyridine rings is 1. The van der Waals surface area contributed by atoms with Gasteiger partial charge in [-0.2, -0.15) is 0 Å². The van der Waals surface area contributed by atoms with Gasteiger partial charge in [0.15, 0.2) is 0 Å². The molecule has 0 aliphatic carbocycles. The summed E-state index contributed by atoms with van der Waals surface area (Å²) < 4.78 is 27.9. The highest BCUT2D eigenvalue weighted by molar-refractivity contribution is 5.85. The fourth-order valence-corrected chi connectivity index (χ4v) is 2.45. The highest BCUT2D eigenvalue weighted by Gasteiger charge is 2.42. The van der Waals surface area contributed by atoms with E-state index in [1.807, 2.05) is 35.0 Å². The van der Waals surface area contributed by atoms with Gasteiger partial charge in [-0.05, 0) is 12.1 Å². The molecule has 1 saturated heterocycles. The van der Waals surface area contributed by atoms with Gasteiger partial charge in [-0.3, -0.25) is 10.1 Å². The smallest absolute Gasteiger partial charge is 0.262 e. The summed E-state index contributed by atoms with van der Waals surface area (Å²) in [5, 5.41) is 5.21. The normalized spacial score (nSPS) is 19.0. The molecule has 2 aromatic heterocycles. The lowest BCUT2D eigenvalue weighted by molar-refractivity contribution is -0.123. The number of amides is 1. The van der Waals surface area contributed by atoms with Gasteiger partial charge in [-0.25, -0.2) is 13.8 Å². The molecule has 1 aliphatic rings. The fraction of sp³-hybridized carbons (Fsp3) is 0.429. The Morgan fingerprint density at radius 2 is 2.22 bits per heavy atom. The molecule has 3 rings (SSSR count). The first-order valence-corrected chi connectivity index (χ1v) is 6.85. The molecule has 0 bridgehead atoms. The van der Waals surface area contributed by atoms with E-state index in [4.69, 9.17) is 0 Å². The van der Waals surface area contributed by atoms with Crippen LogP contribution in [-0.4, -0.2) is 40.3 Å². The summed E-state index contributed by atoms with van der Waals surface area (Å²) in [6.07, 6.45) is 3.92. The Kier molecular flexibility index (Phi) is 6.73. The first-order chi connectivity index (χ1) is 10.0. The Morgan fingerprint density at radius 1 is 1.43 bits per heavy atom. The zero-order valence-corrected chi connectivity index (χ0v) is 13.8.